The summed E-state index contributed by atoms with van der Waals surface area (Å²) in [6.07, 6.45) is 0.401. The Kier molecular flexibility index (Phi) is 3.85. The molecule has 0 bridgehead atoms. The van der Waals surface area contributed by atoms with Crippen molar-refractivity contribution in [3.8, 4) is 17.2 Å². The van der Waals surface area contributed by atoms with Crippen molar-refractivity contribution >= 4 is 5.97 Å². The van der Waals surface area contributed by atoms with Crippen LogP contribution in [-0.2, 0) is 11.2 Å². The largest absolute Gasteiger partial charge is 0.496 e. The molecule has 0 spiro atoms. The van der Waals surface area contributed by atoms with Crippen LogP contribution in [0.3, 0.4) is 0 Å². The maximum Gasteiger partial charge on any atom is 0.303 e. The summed E-state index contributed by atoms with van der Waals surface area (Å²) in [5.41, 5.74) is 1.43. The molecule has 2 rings (SSSR count). The molecule has 0 atom stereocenters. The number of rotatable bonds is 5. The van der Waals surface area contributed by atoms with Gasteiger partial charge >= 0.3 is 5.97 Å². The first kappa shape index (κ1) is 13.1. The summed E-state index contributed by atoms with van der Waals surface area (Å²) in [5, 5.41) is 8.69. The van der Waals surface area contributed by atoms with E-state index < -0.39 is 5.97 Å². The van der Waals surface area contributed by atoms with E-state index >= 15 is 0 Å². The summed E-state index contributed by atoms with van der Waals surface area (Å²) in [7, 11) is 1.58. The highest BCUT2D eigenvalue weighted by molar-refractivity contribution is 5.67. The summed E-state index contributed by atoms with van der Waals surface area (Å²) in [5.74, 6) is 0.923. The molecule has 1 aromatic carbocycles. The Morgan fingerprint density at radius 3 is 2.84 bits per heavy atom. The number of carboxylic acids is 1. The second kappa shape index (κ2) is 5.56. The molecule has 100 valence electrons. The summed E-state index contributed by atoms with van der Waals surface area (Å²) in [6, 6.07) is 7.41. The summed E-state index contributed by atoms with van der Waals surface area (Å²) >= 11 is 0. The van der Waals surface area contributed by atoms with Crippen LogP contribution < -0.4 is 4.74 Å². The van der Waals surface area contributed by atoms with Crippen LogP contribution in [0.25, 0.3) is 11.5 Å². The number of para-hydroxylation sites is 1. The van der Waals surface area contributed by atoms with Gasteiger partial charge in [0.25, 0.3) is 0 Å². The van der Waals surface area contributed by atoms with Gasteiger partial charge in [0.15, 0.2) is 0 Å². The lowest BCUT2D eigenvalue weighted by molar-refractivity contribution is -0.136. The van der Waals surface area contributed by atoms with Crippen molar-refractivity contribution in [3.05, 3.63) is 35.7 Å². The van der Waals surface area contributed by atoms with Crippen LogP contribution in [0.5, 0.6) is 5.75 Å². The van der Waals surface area contributed by atoms with Gasteiger partial charge in [-0.2, -0.15) is 0 Å². The van der Waals surface area contributed by atoms with Crippen molar-refractivity contribution in [2.24, 2.45) is 0 Å². The molecule has 0 fully saturated rings. The number of ether oxygens (including phenoxy) is 1. The van der Waals surface area contributed by atoms with Gasteiger partial charge in [-0.3, -0.25) is 4.79 Å². The van der Waals surface area contributed by atoms with Gasteiger partial charge < -0.3 is 14.3 Å². The van der Waals surface area contributed by atoms with E-state index in [9.17, 15) is 4.79 Å². The van der Waals surface area contributed by atoms with Gasteiger partial charge in [-0.25, -0.2) is 4.98 Å². The van der Waals surface area contributed by atoms with Crippen molar-refractivity contribution < 1.29 is 19.1 Å². The van der Waals surface area contributed by atoms with Crippen LogP contribution >= 0.6 is 0 Å². The standard InChI is InChI=1S/C14H15NO4/c1-9-11(7-8-13(16)17)15-14(19-9)10-5-3-4-6-12(10)18-2/h3-6H,7-8H2,1-2H3,(H,16,17). The lowest BCUT2D eigenvalue weighted by Crippen LogP contribution is -1.98. The van der Waals surface area contributed by atoms with E-state index in [0.29, 0.717) is 29.5 Å². The molecular formula is C14H15NO4. The normalized spacial score (nSPS) is 10.4. The smallest absolute Gasteiger partial charge is 0.303 e. The second-order valence-corrected chi connectivity index (χ2v) is 4.12. The van der Waals surface area contributed by atoms with Crippen molar-refractivity contribution in [1.82, 2.24) is 4.98 Å². The monoisotopic (exact) mass is 261 g/mol. The lowest BCUT2D eigenvalue weighted by Gasteiger charge is -2.03. The molecule has 0 aliphatic heterocycles. The van der Waals surface area contributed by atoms with Crippen molar-refractivity contribution in [1.29, 1.82) is 0 Å². The second-order valence-electron chi connectivity index (χ2n) is 4.12. The highest BCUT2D eigenvalue weighted by atomic mass is 16.5. The highest BCUT2D eigenvalue weighted by Crippen LogP contribution is 2.30. The van der Waals surface area contributed by atoms with E-state index in [1.807, 2.05) is 24.3 Å². The van der Waals surface area contributed by atoms with Crippen LogP contribution in [0.2, 0.25) is 0 Å². The molecule has 1 N–H and O–H groups in total. The van der Waals surface area contributed by atoms with Gasteiger partial charge in [0.05, 0.1) is 24.8 Å². The topological polar surface area (TPSA) is 72.6 Å². The third-order valence-electron chi connectivity index (χ3n) is 2.81. The fraction of sp³-hybridized carbons (Fsp3) is 0.286. The number of hydrogen-bond donors (Lipinski definition) is 1. The molecule has 1 heterocycles. The van der Waals surface area contributed by atoms with Crippen molar-refractivity contribution in [2.75, 3.05) is 7.11 Å². The van der Waals surface area contributed by atoms with Crippen LogP contribution in [0.4, 0.5) is 0 Å². The van der Waals surface area contributed by atoms with Crippen LogP contribution in [0.1, 0.15) is 17.9 Å². The average Bonchev–Trinajstić information content (AvgIpc) is 2.77. The number of aliphatic carboxylic acids is 1. The van der Waals surface area contributed by atoms with E-state index in [0.717, 1.165) is 5.56 Å². The van der Waals surface area contributed by atoms with Gasteiger partial charge in [-0.1, -0.05) is 12.1 Å². The number of aryl methyl sites for hydroxylation is 2. The van der Waals surface area contributed by atoms with Crippen LogP contribution in [-0.4, -0.2) is 23.2 Å². The van der Waals surface area contributed by atoms with Crippen LogP contribution in [0.15, 0.2) is 28.7 Å². The summed E-state index contributed by atoms with van der Waals surface area (Å²) in [6.45, 7) is 1.78. The maximum absolute atomic E-state index is 10.6. The minimum atomic E-state index is -0.846. The molecule has 19 heavy (non-hydrogen) atoms. The van der Waals surface area contributed by atoms with Gasteiger partial charge in [0.1, 0.15) is 11.5 Å². The first-order chi connectivity index (χ1) is 9.11. The fourth-order valence-corrected chi connectivity index (χ4v) is 1.82. The van der Waals surface area contributed by atoms with Gasteiger partial charge in [-0.15, -0.1) is 0 Å². The van der Waals surface area contributed by atoms with E-state index in [1.165, 1.54) is 0 Å². The number of carbonyl (C=O) groups is 1. The molecule has 0 amide bonds. The SMILES string of the molecule is COc1ccccc1-c1nc(CCC(=O)O)c(C)o1. The lowest BCUT2D eigenvalue weighted by atomic mass is 10.2. The van der Waals surface area contributed by atoms with Crippen molar-refractivity contribution in [2.45, 2.75) is 19.8 Å². The number of aromatic nitrogens is 1. The first-order valence-corrected chi connectivity index (χ1v) is 5.93. The predicted molar refractivity (Wildman–Crippen MR) is 69.2 cm³/mol. The first-order valence-electron chi connectivity index (χ1n) is 5.93. The third kappa shape index (κ3) is 2.93. The molecule has 5 nitrogen and oxygen atoms in total. The number of methoxy groups -OCH3 is 1. The molecule has 0 saturated carbocycles. The van der Waals surface area contributed by atoms with E-state index in [2.05, 4.69) is 4.98 Å². The summed E-state index contributed by atoms with van der Waals surface area (Å²) < 4.78 is 10.8. The fourth-order valence-electron chi connectivity index (χ4n) is 1.82. The molecule has 1 aromatic heterocycles. The Hall–Kier alpha value is -2.30. The Balaban J connectivity index is 2.31. The van der Waals surface area contributed by atoms with Gasteiger partial charge in [-0.05, 0) is 19.1 Å². The molecule has 2 aromatic rings. The van der Waals surface area contributed by atoms with Gasteiger partial charge in [0, 0.05) is 6.42 Å². The number of benzene rings is 1. The number of carboxylic acid groups (broad SMARTS) is 1. The molecule has 0 aliphatic rings. The van der Waals surface area contributed by atoms with Crippen molar-refractivity contribution in [3.63, 3.8) is 0 Å². The maximum atomic E-state index is 10.6. The zero-order valence-corrected chi connectivity index (χ0v) is 10.8. The molecule has 0 aliphatic carbocycles. The number of nitrogens with zero attached hydrogens (tertiary/aromatic N) is 1. The predicted octanol–water partition coefficient (Wildman–Crippen LogP) is 2.68. The molecule has 0 radical (unpaired) electrons. The quantitative estimate of drug-likeness (QED) is 0.895. The molecule has 5 heteroatoms. The minimum Gasteiger partial charge on any atom is -0.496 e. The van der Waals surface area contributed by atoms with Crippen LogP contribution in [0, 0.1) is 6.92 Å². The summed E-state index contributed by atoms with van der Waals surface area (Å²) in [4.78, 5) is 14.9. The van der Waals surface area contributed by atoms with E-state index in [4.69, 9.17) is 14.3 Å². The number of oxazole rings is 1. The minimum absolute atomic E-state index is 0.0404. The van der Waals surface area contributed by atoms with E-state index in [-0.39, 0.29) is 6.42 Å². The number of hydrogen-bond acceptors (Lipinski definition) is 4. The van der Waals surface area contributed by atoms with E-state index in [1.54, 1.807) is 14.0 Å². The Labute approximate surface area is 110 Å². The average molecular weight is 261 g/mol. The Bertz CT molecular complexity index is 589. The molecule has 0 unspecified atom stereocenters. The zero-order valence-electron chi connectivity index (χ0n) is 10.8. The zero-order chi connectivity index (χ0) is 13.8. The molecular weight excluding hydrogens is 246 g/mol. The Morgan fingerprint density at radius 2 is 2.16 bits per heavy atom. The highest BCUT2D eigenvalue weighted by Gasteiger charge is 2.15. The Morgan fingerprint density at radius 1 is 1.42 bits per heavy atom. The third-order valence-corrected chi connectivity index (χ3v) is 2.81. The molecule has 0 saturated heterocycles. The van der Waals surface area contributed by atoms with Gasteiger partial charge in [0.2, 0.25) is 5.89 Å².